The number of rotatable bonds is 2. The number of anilines is 1. The highest BCUT2D eigenvalue weighted by molar-refractivity contribution is 6.06. The van der Waals surface area contributed by atoms with Crippen LogP contribution in [0.4, 0.5) is 5.69 Å². The molecule has 4 aromatic rings. The van der Waals surface area contributed by atoms with E-state index in [1.165, 1.54) is 6.33 Å². The zero-order chi connectivity index (χ0) is 18.2. The molecule has 27 heavy (non-hydrogen) atoms. The number of nitrogens with zero attached hydrogens (tertiary/aromatic N) is 4. The van der Waals surface area contributed by atoms with Gasteiger partial charge in [0.25, 0.3) is 5.91 Å². The van der Waals surface area contributed by atoms with E-state index in [9.17, 15) is 4.79 Å². The Bertz CT molecular complexity index is 1100. The third-order valence-corrected chi connectivity index (χ3v) is 4.93. The van der Waals surface area contributed by atoms with Crippen molar-refractivity contribution in [1.82, 2.24) is 19.7 Å². The summed E-state index contributed by atoms with van der Waals surface area (Å²) in [6.07, 6.45) is 3.53. The SMILES string of the molecule is O=C(c1ccc(-c2ncn[nH]2)cc1)N1Cc2cccn2Cc2ccccc21. The zero-order valence-corrected chi connectivity index (χ0v) is 14.5. The van der Waals surface area contributed by atoms with Crippen molar-refractivity contribution in [2.45, 2.75) is 13.1 Å². The number of hydrogen-bond acceptors (Lipinski definition) is 3. The molecule has 0 saturated heterocycles. The van der Waals surface area contributed by atoms with Crippen molar-refractivity contribution in [3.05, 3.63) is 90.0 Å². The average Bonchev–Trinajstić information content (AvgIpc) is 3.37. The second kappa shape index (κ2) is 6.25. The van der Waals surface area contributed by atoms with Gasteiger partial charge in [0.1, 0.15) is 6.33 Å². The largest absolute Gasteiger partial charge is 0.345 e. The summed E-state index contributed by atoms with van der Waals surface area (Å²) in [6.45, 7) is 1.32. The number of benzene rings is 2. The maximum Gasteiger partial charge on any atom is 0.258 e. The molecule has 132 valence electrons. The lowest BCUT2D eigenvalue weighted by molar-refractivity contribution is 0.0985. The van der Waals surface area contributed by atoms with E-state index in [1.807, 2.05) is 53.4 Å². The summed E-state index contributed by atoms with van der Waals surface area (Å²) < 4.78 is 2.19. The van der Waals surface area contributed by atoms with Crippen molar-refractivity contribution in [1.29, 1.82) is 0 Å². The summed E-state index contributed by atoms with van der Waals surface area (Å²) in [5.74, 6) is 0.674. The molecule has 0 aliphatic carbocycles. The lowest BCUT2D eigenvalue weighted by atomic mass is 10.1. The second-order valence-electron chi connectivity index (χ2n) is 6.56. The van der Waals surface area contributed by atoms with Crippen LogP contribution in [0.15, 0.2) is 73.2 Å². The summed E-state index contributed by atoms with van der Waals surface area (Å²) in [5, 5.41) is 6.70. The van der Waals surface area contributed by atoms with Crippen LogP contribution >= 0.6 is 0 Å². The van der Waals surface area contributed by atoms with Gasteiger partial charge in [0.15, 0.2) is 5.82 Å². The number of carbonyl (C=O) groups excluding carboxylic acids is 1. The van der Waals surface area contributed by atoms with E-state index in [4.69, 9.17) is 0 Å². The van der Waals surface area contributed by atoms with E-state index >= 15 is 0 Å². The summed E-state index contributed by atoms with van der Waals surface area (Å²) in [7, 11) is 0. The molecule has 0 fully saturated rings. The Labute approximate surface area is 156 Å². The summed E-state index contributed by atoms with van der Waals surface area (Å²) in [5.41, 5.74) is 4.77. The minimum absolute atomic E-state index is 0.0128. The van der Waals surface area contributed by atoms with Gasteiger partial charge in [-0.25, -0.2) is 4.98 Å². The third-order valence-electron chi connectivity index (χ3n) is 4.93. The first-order chi connectivity index (χ1) is 13.3. The fourth-order valence-corrected chi connectivity index (χ4v) is 3.54. The van der Waals surface area contributed by atoms with Gasteiger partial charge in [0, 0.05) is 35.2 Å². The molecule has 2 aromatic heterocycles. The van der Waals surface area contributed by atoms with Crippen LogP contribution in [0, 0.1) is 0 Å². The topological polar surface area (TPSA) is 66.8 Å². The quantitative estimate of drug-likeness (QED) is 0.599. The Kier molecular flexibility index (Phi) is 3.60. The van der Waals surface area contributed by atoms with Crippen molar-refractivity contribution in [3.63, 3.8) is 0 Å². The predicted octanol–water partition coefficient (Wildman–Crippen LogP) is 3.48. The molecule has 5 rings (SSSR count). The van der Waals surface area contributed by atoms with Crippen molar-refractivity contribution in [3.8, 4) is 11.4 Å². The van der Waals surface area contributed by atoms with Gasteiger partial charge in [-0.2, -0.15) is 5.10 Å². The first kappa shape index (κ1) is 15.6. The highest BCUT2D eigenvalue weighted by Gasteiger charge is 2.24. The van der Waals surface area contributed by atoms with Crippen molar-refractivity contribution in [2.75, 3.05) is 4.90 Å². The maximum atomic E-state index is 13.3. The number of carbonyl (C=O) groups is 1. The van der Waals surface area contributed by atoms with E-state index in [0.29, 0.717) is 17.9 Å². The van der Waals surface area contributed by atoms with Gasteiger partial charge in [-0.1, -0.05) is 30.3 Å². The number of aromatic amines is 1. The minimum Gasteiger partial charge on any atom is -0.345 e. The second-order valence-corrected chi connectivity index (χ2v) is 6.56. The third kappa shape index (κ3) is 2.71. The van der Waals surface area contributed by atoms with Crippen molar-refractivity contribution in [2.24, 2.45) is 0 Å². The van der Waals surface area contributed by atoms with Gasteiger partial charge in [-0.15, -0.1) is 0 Å². The molecule has 0 spiro atoms. The van der Waals surface area contributed by atoms with Crippen LogP contribution in [0.5, 0.6) is 0 Å². The molecule has 3 heterocycles. The summed E-state index contributed by atoms with van der Waals surface area (Å²) >= 11 is 0. The van der Waals surface area contributed by atoms with E-state index in [-0.39, 0.29) is 5.91 Å². The normalized spacial score (nSPS) is 13.0. The molecule has 1 aliphatic heterocycles. The lowest BCUT2D eigenvalue weighted by Gasteiger charge is -2.23. The molecule has 1 N–H and O–H groups in total. The molecule has 6 nitrogen and oxygen atoms in total. The first-order valence-corrected chi connectivity index (χ1v) is 8.79. The Morgan fingerprint density at radius 2 is 1.81 bits per heavy atom. The lowest BCUT2D eigenvalue weighted by Crippen LogP contribution is -2.30. The predicted molar refractivity (Wildman–Crippen MR) is 102 cm³/mol. The van der Waals surface area contributed by atoms with Gasteiger partial charge >= 0.3 is 0 Å². The van der Waals surface area contributed by atoms with Gasteiger partial charge in [-0.05, 0) is 35.9 Å². The van der Waals surface area contributed by atoms with E-state index < -0.39 is 0 Å². The number of H-pyrrole nitrogens is 1. The molecular weight excluding hydrogens is 338 g/mol. The zero-order valence-electron chi connectivity index (χ0n) is 14.5. The molecule has 0 atom stereocenters. The van der Waals surface area contributed by atoms with Gasteiger partial charge in [0.05, 0.1) is 6.54 Å². The van der Waals surface area contributed by atoms with Crippen LogP contribution in [-0.2, 0) is 13.1 Å². The number of amides is 1. The summed E-state index contributed by atoms with van der Waals surface area (Å²) in [4.78, 5) is 19.3. The smallest absolute Gasteiger partial charge is 0.258 e. The van der Waals surface area contributed by atoms with E-state index in [0.717, 1.165) is 29.1 Å². The van der Waals surface area contributed by atoms with Gasteiger partial charge < -0.3 is 9.47 Å². The van der Waals surface area contributed by atoms with Crippen LogP contribution in [-0.4, -0.2) is 25.7 Å². The number of para-hydroxylation sites is 1. The van der Waals surface area contributed by atoms with E-state index in [1.54, 1.807) is 0 Å². The molecule has 1 aliphatic rings. The molecule has 0 radical (unpaired) electrons. The first-order valence-electron chi connectivity index (χ1n) is 8.79. The Balaban J connectivity index is 1.52. The van der Waals surface area contributed by atoms with Crippen LogP contribution in [0.1, 0.15) is 21.6 Å². The molecule has 0 saturated carbocycles. The average molecular weight is 355 g/mol. The number of hydrogen-bond donors (Lipinski definition) is 1. The maximum absolute atomic E-state index is 13.3. The number of aromatic nitrogens is 4. The van der Waals surface area contributed by atoms with Crippen LogP contribution < -0.4 is 4.90 Å². The standard InChI is InChI=1S/C21H17N5O/c27-21(16-9-7-15(8-10-16)20-22-14-23-24-20)26-13-18-5-3-11-25(18)12-17-4-1-2-6-19(17)26/h1-11,14H,12-13H2,(H,22,23,24). The van der Waals surface area contributed by atoms with Gasteiger partial charge in [0.2, 0.25) is 0 Å². The van der Waals surface area contributed by atoms with Crippen LogP contribution in [0.25, 0.3) is 11.4 Å². The van der Waals surface area contributed by atoms with Gasteiger partial charge in [-0.3, -0.25) is 9.89 Å². The molecule has 0 unspecified atom stereocenters. The Morgan fingerprint density at radius 3 is 2.63 bits per heavy atom. The van der Waals surface area contributed by atoms with E-state index in [2.05, 4.69) is 38.1 Å². The molecule has 2 aromatic carbocycles. The highest BCUT2D eigenvalue weighted by Crippen LogP contribution is 2.29. The molecular formula is C21H17N5O. The molecule has 6 heteroatoms. The fraction of sp³-hybridized carbons (Fsp3) is 0.0952. The summed E-state index contributed by atoms with van der Waals surface area (Å²) in [6, 6.07) is 19.6. The Hall–Kier alpha value is -3.67. The number of fused-ring (bicyclic) bond motifs is 2. The van der Waals surface area contributed by atoms with Crippen molar-refractivity contribution < 1.29 is 4.79 Å². The number of nitrogens with one attached hydrogen (secondary N) is 1. The highest BCUT2D eigenvalue weighted by atomic mass is 16.2. The monoisotopic (exact) mass is 355 g/mol. The Morgan fingerprint density at radius 1 is 0.963 bits per heavy atom. The van der Waals surface area contributed by atoms with Crippen molar-refractivity contribution >= 4 is 11.6 Å². The molecule has 1 amide bonds. The van der Waals surface area contributed by atoms with Crippen LogP contribution in [0.3, 0.4) is 0 Å². The minimum atomic E-state index is -0.0128. The van der Waals surface area contributed by atoms with Crippen LogP contribution in [0.2, 0.25) is 0 Å². The fourth-order valence-electron chi connectivity index (χ4n) is 3.54. The molecule has 0 bridgehead atoms.